The lowest BCUT2D eigenvalue weighted by Crippen LogP contribution is -2.28. The lowest BCUT2D eigenvalue weighted by atomic mass is 10.1. The van der Waals surface area contributed by atoms with Crippen LogP contribution in [0.25, 0.3) is 0 Å². The summed E-state index contributed by atoms with van der Waals surface area (Å²) in [6, 6.07) is 8.80. The number of nitrogens with one attached hydrogen (secondary N) is 1. The summed E-state index contributed by atoms with van der Waals surface area (Å²) in [7, 11) is 0. The Kier molecular flexibility index (Phi) is 4.36. The van der Waals surface area contributed by atoms with E-state index in [9.17, 15) is 4.79 Å². The molecular formula is C17H24N2O. The van der Waals surface area contributed by atoms with Gasteiger partial charge in [0.2, 0.25) is 0 Å². The minimum absolute atomic E-state index is 0.199. The summed E-state index contributed by atoms with van der Waals surface area (Å²) in [6.07, 6.45) is 7.60. The van der Waals surface area contributed by atoms with Crippen LogP contribution in [-0.2, 0) is 6.54 Å². The number of hydrogen-bond donors (Lipinski definition) is 1. The molecule has 3 nitrogen and oxygen atoms in total. The molecule has 0 aromatic heterocycles. The zero-order valence-electron chi connectivity index (χ0n) is 12.1. The largest absolute Gasteiger partial charge is 0.339 e. The number of benzene rings is 1. The van der Waals surface area contributed by atoms with E-state index in [0.717, 1.165) is 38.0 Å². The lowest BCUT2D eigenvalue weighted by molar-refractivity contribution is 0.0792. The quantitative estimate of drug-likeness (QED) is 0.914. The Morgan fingerprint density at radius 3 is 2.65 bits per heavy atom. The molecule has 3 heteroatoms. The molecule has 1 N–H and O–H groups in total. The van der Waals surface area contributed by atoms with Crippen LogP contribution < -0.4 is 5.32 Å². The van der Waals surface area contributed by atoms with Gasteiger partial charge in [-0.15, -0.1) is 0 Å². The Bertz CT molecular complexity index is 460. The maximum absolute atomic E-state index is 12.4. The third kappa shape index (κ3) is 3.21. The molecule has 1 amide bonds. The predicted octanol–water partition coefficient (Wildman–Crippen LogP) is 2.95. The molecule has 0 radical (unpaired) electrons. The van der Waals surface area contributed by atoms with Crippen molar-refractivity contribution in [1.82, 2.24) is 10.2 Å². The molecule has 0 spiro atoms. The molecule has 0 bridgehead atoms. The zero-order chi connectivity index (χ0) is 13.8. The van der Waals surface area contributed by atoms with Crippen molar-refractivity contribution in [2.75, 3.05) is 13.1 Å². The van der Waals surface area contributed by atoms with E-state index in [0.29, 0.717) is 6.04 Å². The van der Waals surface area contributed by atoms with Gasteiger partial charge >= 0.3 is 0 Å². The highest BCUT2D eigenvalue weighted by atomic mass is 16.2. The molecule has 1 heterocycles. The molecule has 1 aromatic carbocycles. The number of hydrogen-bond acceptors (Lipinski definition) is 2. The molecule has 0 atom stereocenters. The standard InChI is InChI=1S/C17H24N2O/c20-17(19-10-3-4-11-19)15-7-5-6-14(12-15)13-18-16-8-1-2-9-16/h5-7,12,16,18H,1-4,8-11,13H2. The fraction of sp³-hybridized carbons (Fsp3) is 0.588. The van der Waals surface area contributed by atoms with E-state index in [1.807, 2.05) is 17.0 Å². The van der Waals surface area contributed by atoms with Crippen molar-refractivity contribution in [3.63, 3.8) is 0 Å². The average molecular weight is 272 g/mol. The summed E-state index contributed by atoms with van der Waals surface area (Å²) in [5.41, 5.74) is 2.07. The summed E-state index contributed by atoms with van der Waals surface area (Å²) in [5, 5.41) is 3.61. The third-order valence-electron chi connectivity index (χ3n) is 4.52. The zero-order valence-corrected chi connectivity index (χ0v) is 12.1. The van der Waals surface area contributed by atoms with E-state index in [-0.39, 0.29) is 5.91 Å². The Hall–Kier alpha value is -1.35. The van der Waals surface area contributed by atoms with Gasteiger partial charge in [-0.05, 0) is 43.4 Å². The first-order valence-electron chi connectivity index (χ1n) is 7.94. The van der Waals surface area contributed by atoms with Crippen molar-refractivity contribution in [2.45, 2.75) is 51.1 Å². The molecule has 108 valence electrons. The molecular weight excluding hydrogens is 248 g/mol. The van der Waals surface area contributed by atoms with Crippen molar-refractivity contribution < 1.29 is 4.79 Å². The van der Waals surface area contributed by atoms with E-state index in [1.165, 1.54) is 31.2 Å². The number of carbonyl (C=O) groups excluding carboxylic acids is 1. The maximum atomic E-state index is 12.4. The van der Waals surface area contributed by atoms with Crippen LogP contribution in [0.3, 0.4) is 0 Å². The summed E-state index contributed by atoms with van der Waals surface area (Å²) in [4.78, 5) is 14.3. The van der Waals surface area contributed by atoms with Crippen LogP contribution >= 0.6 is 0 Å². The summed E-state index contributed by atoms with van der Waals surface area (Å²) < 4.78 is 0. The SMILES string of the molecule is O=C(c1cccc(CNC2CCCC2)c1)N1CCCC1. The van der Waals surface area contributed by atoms with Crippen LogP contribution in [0.5, 0.6) is 0 Å². The van der Waals surface area contributed by atoms with Crippen molar-refractivity contribution in [3.8, 4) is 0 Å². The highest BCUT2D eigenvalue weighted by Crippen LogP contribution is 2.19. The molecule has 1 saturated heterocycles. The Morgan fingerprint density at radius 2 is 1.90 bits per heavy atom. The fourth-order valence-corrected chi connectivity index (χ4v) is 3.31. The summed E-state index contributed by atoms with van der Waals surface area (Å²) in [5.74, 6) is 0.199. The van der Waals surface area contributed by atoms with E-state index in [1.54, 1.807) is 0 Å². The van der Waals surface area contributed by atoms with Gasteiger partial charge < -0.3 is 10.2 Å². The second-order valence-electron chi connectivity index (χ2n) is 6.06. The van der Waals surface area contributed by atoms with Crippen molar-refractivity contribution in [2.24, 2.45) is 0 Å². The van der Waals surface area contributed by atoms with Crippen molar-refractivity contribution in [3.05, 3.63) is 35.4 Å². The van der Waals surface area contributed by atoms with Gasteiger partial charge in [0, 0.05) is 31.2 Å². The minimum Gasteiger partial charge on any atom is -0.339 e. The Balaban J connectivity index is 1.61. The summed E-state index contributed by atoms with van der Waals surface area (Å²) >= 11 is 0. The highest BCUT2D eigenvalue weighted by Gasteiger charge is 2.19. The van der Waals surface area contributed by atoms with E-state index in [2.05, 4.69) is 17.4 Å². The highest BCUT2D eigenvalue weighted by molar-refractivity contribution is 5.94. The number of nitrogens with zero attached hydrogens (tertiary/aromatic N) is 1. The first kappa shape index (κ1) is 13.6. The van der Waals surface area contributed by atoms with Crippen LogP contribution in [0.15, 0.2) is 24.3 Å². The smallest absolute Gasteiger partial charge is 0.253 e. The van der Waals surface area contributed by atoms with Gasteiger partial charge in [0.1, 0.15) is 0 Å². The van der Waals surface area contributed by atoms with Gasteiger partial charge in [-0.25, -0.2) is 0 Å². The molecule has 2 aliphatic rings. The number of likely N-dealkylation sites (tertiary alicyclic amines) is 1. The van der Waals surface area contributed by atoms with Crippen molar-refractivity contribution in [1.29, 1.82) is 0 Å². The molecule has 3 rings (SSSR count). The van der Waals surface area contributed by atoms with Crippen LogP contribution in [0.2, 0.25) is 0 Å². The van der Waals surface area contributed by atoms with E-state index in [4.69, 9.17) is 0 Å². The number of carbonyl (C=O) groups is 1. The van der Waals surface area contributed by atoms with Crippen LogP contribution in [0.4, 0.5) is 0 Å². The summed E-state index contributed by atoms with van der Waals surface area (Å²) in [6.45, 7) is 2.72. The second kappa shape index (κ2) is 6.40. The topological polar surface area (TPSA) is 32.3 Å². The van der Waals surface area contributed by atoms with Gasteiger partial charge in [0.15, 0.2) is 0 Å². The first-order valence-corrected chi connectivity index (χ1v) is 7.94. The maximum Gasteiger partial charge on any atom is 0.253 e. The Labute approximate surface area is 121 Å². The van der Waals surface area contributed by atoms with Gasteiger partial charge in [-0.3, -0.25) is 4.79 Å². The van der Waals surface area contributed by atoms with Crippen LogP contribution in [-0.4, -0.2) is 29.9 Å². The van der Waals surface area contributed by atoms with Gasteiger partial charge in [0.25, 0.3) is 5.91 Å². The normalized spacial score (nSPS) is 19.7. The molecule has 0 unspecified atom stereocenters. The molecule has 20 heavy (non-hydrogen) atoms. The molecule has 1 aromatic rings. The molecule has 1 aliphatic heterocycles. The predicted molar refractivity (Wildman–Crippen MR) is 80.7 cm³/mol. The van der Waals surface area contributed by atoms with Crippen LogP contribution in [0.1, 0.15) is 54.4 Å². The van der Waals surface area contributed by atoms with Crippen LogP contribution in [0, 0.1) is 0 Å². The molecule has 1 aliphatic carbocycles. The van der Waals surface area contributed by atoms with E-state index < -0.39 is 0 Å². The van der Waals surface area contributed by atoms with E-state index >= 15 is 0 Å². The van der Waals surface area contributed by atoms with Gasteiger partial charge in [-0.1, -0.05) is 25.0 Å². The third-order valence-corrected chi connectivity index (χ3v) is 4.52. The van der Waals surface area contributed by atoms with Gasteiger partial charge in [0.05, 0.1) is 0 Å². The number of amides is 1. The van der Waals surface area contributed by atoms with Crippen molar-refractivity contribution >= 4 is 5.91 Å². The number of rotatable bonds is 4. The Morgan fingerprint density at radius 1 is 1.15 bits per heavy atom. The molecule has 1 saturated carbocycles. The lowest BCUT2D eigenvalue weighted by Gasteiger charge is -2.16. The average Bonchev–Trinajstić information content (AvgIpc) is 3.18. The monoisotopic (exact) mass is 272 g/mol. The van der Waals surface area contributed by atoms with Gasteiger partial charge in [-0.2, -0.15) is 0 Å². The second-order valence-corrected chi connectivity index (χ2v) is 6.06. The molecule has 2 fully saturated rings. The fourth-order valence-electron chi connectivity index (χ4n) is 3.31. The minimum atomic E-state index is 0.199. The first-order chi connectivity index (χ1) is 9.83.